The standard InChI is InChI=1S/C22H24N4O4S/c1-12-13(2)31-21-20(12)22(29)26(18(23-21)10-24(3)4)9-16(27)14-6-7-17-15(8-14)25(5)19(28)11-30-17/h6-8H,9-11H2,1-5H3. The summed E-state index contributed by atoms with van der Waals surface area (Å²) in [5.41, 5.74) is 1.65. The zero-order chi connectivity index (χ0) is 22.4. The van der Waals surface area contributed by atoms with Gasteiger partial charge in [0.1, 0.15) is 16.4 Å². The normalized spacial score (nSPS) is 13.6. The Labute approximate surface area is 183 Å². The fourth-order valence-corrected chi connectivity index (χ4v) is 4.66. The largest absolute Gasteiger partial charge is 0.482 e. The van der Waals surface area contributed by atoms with E-state index in [4.69, 9.17) is 9.72 Å². The topological polar surface area (TPSA) is 84.7 Å². The number of nitrogens with zero attached hydrogens (tertiary/aromatic N) is 4. The molecule has 1 aromatic carbocycles. The minimum absolute atomic E-state index is 0.0226. The van der Waals surface area contributed by atoms with Crippen LogP contribution in [0.25, 0.3) is 10.2 Å². The smallest absolute Gasteiger partial charge is 0.264 e. The highest BCUT2D eigenvalue weighted by Crippen LogP contribution is 2.32. The van der Waals surface area contributed by atoms with Gasteiger partial charge in [-0.15, -0.1) is 11.3 Å². The molecule has 0 saturated heterocycles. The summed E-state index contributed by atoms with van der Waals surface area (Å²) in [4.78, 5) is 48.3. The lowest BCUT2D eigenvalue weighted by Crippen LogP contribution is -2.35. The molecule has 0 radical (unpaired) electrons. The number of hydrogen-bond donors (Lipinski definition) is 0. The van der Waals surface area contributed by atoms with E-state index < -0.39 is 0 Å². The van der Waals surface area contributed by atoms with E-state index in [1.165, 1.54) is 20.8 Å². The molecule has 0 spiro atoms. The molecule has 4 rings (SSSR count). The van der Waals surface area contributed by atoms with E-state index in [-0.39, 0.29) is 30.4 Å². The molecule has 1 amide bonds. The number of rotatable bonds is 5. The number of likely N-dealkylation sites (N-methyl/N-ethyl adjacent to an activating group) is 1. The average molecular weight is 441 g/mol. The number of thiophene rings is 1. The molecule has 3 aromatic rings. The lowest BCUT2D eigenvalue weighted by molar-refractivity contribution is -0.120. The van der Waals surface area contributed by atoms with E-state index >= 15 is 0 Å². The number of benzene rings is 1. The number of hydrogen-bond acceptors (Lipinski definition) is 7. The third-order valence-corrected chi connectivity index (χ3v) is 6.60. The van der Waals surface area contributed by atoms with Gasteiger partial charge in [0.2, 0.25) is 0 Å². The van der Waals surface area contributed by atoms with Gasteiger partial charge in [0.25, 0.3) is 11.5 Å². The summed E-state index contributed by atoms with van der Waals surface area (Å²) in [6.07, 6.45) is 0. The molecule has 0 bridgehead atoms. The van der Waals surface area contributed by atoms with Crippen LogP contribution in [0.15, 0.2) is 23.0 Å². The highest BCUT2D eigenvalue weighted by Gasteiger charge is 2.24. The summed E-state index contributed by atoms with van der Waals surface area (Å²) >= 11 is 1.49. The molecular formula is C22H24N4O4S. The van der Waals surface area contributed by atoms with E-state index in [0.717, 1.165) is 10.4 Å². The summed E-state index contributed by atoms with van der Waals surface area (Å²) in [6.45, 7) is 4.16. The second kappa shape index (κ2) is 7.90. The molecule has 1 aliphatic heterocycles. The predicted molar refractivity (Wildman–Crippen MR) is 120 cm³/mol. The van der Waals surface area contributed by atoms with Gasteiger partial charge in [-0.3, -0.25) is 19.0 Å². The fourth-order valence-electron chi connectivity index (χ4n) is 3.62. The van der Waals surface area contributed by atoms with Crippen LogP contribution in [-0.2, 0) is 17.9 Å². The fraction of sp³-hybridized carbons (Fsp3) is 0.364. The second-order valence-corrected chi connectivity index (χ2v) is 9.17. The Kier molecular flexibility index (Phi) is 5.40. The van der Waals surface area contributed by atoms with Gasteiger partial charge in [-0.2, -0.15) is 0 Å². The number of Topliss-reactive ketones (excluding diaryl/α,β-unsaturated/α-hetero) is 1. The maximum absolute atomic E-state index is 13.3. The van der Waals surface area contributed by atoms with Crippen LogP contribution >= 0.6 is 11.3 Å². The molecule has 31 heavy (non-hydrogen) atoms. The Bertz CT molecular complexity index is 1270. The van der Waals surface area contributed by atoms with Gasteiger partial charge in [-0.1, -0.05) is 0 Å². The SMILES string of the molecule is Cc1sc2nc(CN(C)C)n(CC(=O)c3ccc4c(c3)N(C)C(=O)CO4)c(=O)c2c1C. The average Bonchev–Trinajstić information content (AvgIpc) is 3.00. The van der Waals surface area contributed by atoms with Crippen molar-refractivity contribution in [2.24, 2.45) is 0 Å². The molecule has 0 N–H and O–H groups in total. The van der Waals surface area contributed by atoms with E-state index in [0.29, 0.717) is 39.6 Å². The quantitative estimate of drug-likeness (QED) is 0.567. The number of fused-ring (bicyclic) bond motifs is 2. The van der Waals surface area contributed by atoms with Gasteiger partial charge in [-0.25, -0.2) is 4.98 Å². The molecular weight excluding hydrogens is 416 g/mol. The second-order valence-electron chi connectivity index (χ2n) is 7.97. The van der Waals surface area contributed by atoms with Crippen molar-refractivity contribution in [1.29, 1.82) is 0 Å². The number of aryl methyl sites for hydroxylation is 2. The number of amides is 1. The first-order valence-electron chi connectivity index (χ1n) is 9.88. The van der Waals surface area contributed by atoms with Crippen molar-refractivity contribution in [1.82, 2.24) is 14.5 Å². The third kappa shape index (κ3) is 3.75. The zero-order valence-electron chi connectivity index (χ0n) is 18.2. The summed E-state index contributed by atoms with van der Waals surface area (Å²) in [5, 5.41) is 0.571. The molecule has 8 nitrogen and oxygen atoms in total. The minimum Gasteiger partial charge on any atom is -0.482 e. The summed E-state index contributed by atoms with van der Waals surface area (Å²) < 4.78 is 6.90. The van der Waals surface area contributed by atoms with Gasteiger partial charge in [0.15, 0.2) is 12.4 Å². The molecule has 0 unspecified atom stereocenters. The van der Waals surface area contributed by atoms with E-state index in [9.17, 15) is 14.4 Å². The Hall–Kier alpha value is -3.04. The number of aromatic nitrogens is 2. The van der Waals surface area contributed by atoms with Crippen molar-refractivity contribution in [3.05, 3.63) is 50.4 Å². The number of ketones is 1. The van der Waals surface area contributed by atoms with E-state index in [1.54, 1.807) is 25.2 Å². The number of carbonyl (C=O) groups is 2. The molecule has 1 aliphatic rings. The van der Waals surface area contributed by atoms with Crippen LogP contribution in [0.5, 0.6) is 5.75 Å². The number of anilines is 1. The van der Waals surface area contributed by atoms with Crippen LogP contribution in [0.3, 0.4) is 0 Å². The van der Waals surface area contributed by atoms with Crippen molar-refractivity contribution >= 4 is 38.9 Å². The highest BCUT2D eigenvalue weighted by molar-refractivity contribution is 7.18. The molecule has 0 saturated carbocycles. The van der Waals surface area contributed by atoms with Gasteiger partial charge in [0.05, 0.1) is 24.2 Å². The molecule has 162 valence electrons. The summed E-state index contributed by atoms with van der Waals surface area (Å²) in [6, 6.07) is 4.98. The van der Waals surface area contributed by atoms with E-state index in [2.05, 4.69) is 0 Å². The Balaban J connectivity index is 1.76. The lowest BCUT2D eigenvalue weighted by atomic mass is 10.1. The first-order valence-corrected chi connectivity index (χ1v) is 10.7. The Morgan fingerprint density at radius 3 is 2.71 bits per heavy atom. The summed E-state index contributed by atoms with van der Waals surface area (Å²) in [7, 11) is 5.44. The van der Waals surface area contributed by atoms with Crippen LogP contribution in [-0.4, -0.2) is 53.9 Å². The zero-order valence-corrected chi connectivity index (χ0v) is 19.0. The monoisotopic (exact) mass is 440 g/mol. The Morgan fingerprint density at radius 1 is 1.26 bits per heavy atom. The molecule has 3 heterocycles. The van der Waals surface area contributed by atoms with Gasteiger partial charge in [0, 0.05) is 17.5 Å². The van der Waals surface area contributed by atoms with E-state index in [1.807, 2.05) is 32.8 Å². The van der Waals surface area contributed by atoms with Crippen LogP contribution < -0.4 is 15.2 Å². The van der Waals surface area contributed by atoms with Crippen molar-refractivity contribution in [2.45, 2.75) is 26.9 Å². The molecule has 0 atom stereocenters. The van der Waals surface area contributed by atoms with Crippen molar-refractivity contribution in [3.63, 3.8) is 0 Å². The maximum Gasteiger partial charge on any atom is 0.264 e. The van der Waals surface area contributed by atoms with Crippen LogP contribution in [0.1, 0.15) is 26.6 Å². The van der Waals surface area contributed by atoms with Crippen molar-refractivity contribution in [2.75, 3.05) is 32.6 Å². The third-order valence-electron chi connectivity index (χ3n) is 5.49. The van der Waals surface area contributed by atoms with Crippen LogP contribution in [0, 0.1) is 13.8 Å². The van der Waals surface area contributed by atoms with Crippen LogP contribution in [0.4, 0.5) is 5.69 Å². The highest BCUT2D eigenvalue weighted by atomic mass is 32.1. The lowest BCUT2D eigenvalue weighted by Gasteiger charge is -2.26. The predicted octanol–water partition coefficient (Wildman–Crippen LogP) is 2.37. The van der Waals surface area contributed by atoms with Crippen molar-refractivity contribution in [3.8, 4) is 5.75 Å². The number of ether oxygens (including phenoxy) is 1. The molecule has 0 fully saturated rings. The van der Waals surface area contributed by atoms with Gasteiger partial charge in [-0.05, 0) is 51.7 Å². The number of carbonyl (C=O) groups excluding carboxylic acids is 2. The minimum atomic E-state index is -0.234. The summed E-state index contributed by atoms with van der Waals surface area (Å²) in [5.74, 6) is 0.684. The Morgan fingerprint density at radius 2 is 2.00 bits per heavy atom. The maximum atomic E-state index is 13.3. The first kappa shape index (κ1) is 21.2. The molecule has 0 aliphatic carbocycles. The molecule has 9 heteroatoms. The van der Waals surface area contributed by atoms with Crippen molar-refractivity contribution < 1.29 is 14.3 Å². The van der Waals surface area contributed by atoms with Crippen LogP contribution in [0.2, 0.25) is 0 Å². The first-order chi connectivity index (χ1) is 14.7. The molecule has 2 aromatic heterocycles. The van der Waals surface area contributed by atoms with Gasteiger partial charge >= 0.3 is 0 Å². The van der Waals surface area contributed by atoms with Gasteiger partial charge < -0.3 is 14.5 Å².